The molecule has 21 heavy (non-hydrogen) atoms. The molecule has 1 aromatic rings. The third-order valence-corrected chi connectivity index (χ3v) is 4.99. The Morgan fingerprint density at radius 1 is 1.24 bits per heavy atom. The molecule has 2 aliphatic rings. The smallest absolute Gasteiger partial charge is 0.119 e. The van der Waals surface area contributed by atoms with Crippen LogP contribution in [0.1, 0.15) is 43.7 Å². The molecular weight excluding hydrogens is 262 g/mol. The maximum Gasteiger partial charge on any atom is 0.119 e. The summed E-state index contributed by atoms with van der Waals surface area (Å²) in [6, 6.07) is 6.51. The van der Waals surface area contributed by atoms with E-state index in [0.29, 0.717) is 12.5 Å². The number of hydrogen-bond acceptors (Lipinski definition) is 3. The molecule has 3 nitrogen and oxygen atoms in total. The third kappa shape index (κ3) is 3.24. The molecule has 2 N–H and O–H groups in total. The predicted molar refractivity (Wildman–Crippen MR) is 84.8 cm³/mol. The summed E-state index contributed by atoms with van der Waals surface area (Å²) in [4.78, 5) is 0. The number of rotatable bonds is 7. The molecule has 2 aliphatic carbocycles. The molecule has 0 spiro atoms. The van der Waals surface area contributed by atoms with Crippen LogP contribution >= 0.6 is 0 Å². The first-order valence-corrected chi connectivity index (χ1v) is 8.38. The summed E-state index contributed by atoms with van der Waals surface area (Å²) in [5, 5.41) is 13.3. The van der Waals surface area contributed by atoms with Gasteiger partial charge in [-0.25, -0.2) is 0 Å². The molecule has 0 radical (unpaired) electrons. The van der Waals surface area contributed by atoms with Crippen LogP contribution in [0.25, 0.3) is 0 Å². The second-order valence-corrected chi connectivity index (χ2v) is 6.55. The number of aryl methyl sites for hydroxylation is 2. The SMILES string of the molecule is CCNC(CO)(COc1ccc2c(c1)CCCC2)C1CC1. The standard InChI is InChI=1S/C18H27NO2/c1-2-19-18(12-20,16-8-9-16)13-21-17-10-7-14-5-3-4-6-15(14)11-17/h7,10-11,16,19-20H,2-6,8-9,12-13H2,1H3. The van der Waals surface area contributed by atoms with E-state index in [-0.39, 0.29) is 12.1 Å². The molecule has 1 saturated carbocycles. The van der Waals surface area contributed by atoms with E-state index in [2.05, 4.69) is 30.4 Å². The van der Waals surface area contributed by atoms with Gasteiger partial charge in [-0.15, -0.1) is 0 Å². The molecule has 1 atom stereocenters. The first-order chi connectivity index (χ1) is 10.3. The zero-order valence-corrected chi connectivity index (χ0v) is 13.0. The summed E-state index contributed by atoms with van der Waals surface area (Å²) in [5.74, 6) is 1.51. The summed E-state index contributed by atoms with van der Waals surface area (Å²) < 4.78 is 6.06. The van der Waals surface area contributed by atoms with Crippen molar-refractivity contribution < 1.29 is 9.84 Å². The fourth-order valence-electron chi connectivity index (χ4n) is 3.54. The molecule has 1 unspecified atom stereocenters. The predicted octanol–water partition coefficient (Wildman–Crippen LogP) is 2.69. The van der Waals surface area contributed by atoms with Crippen LogP contribution in [0.3, 0.4) is 0 Å². The second kappa shape index (κ2) is 6.37. The molecule has 0 bridgehead atoms. The first-order valence-electron chi connectivity index (χ1n) is 8.38. The van der Waals surface area contributed by atoms with Crippen molar-refractivity contribution in [2.45, 2.75) is 51.0 Å². The Balaban J connectivity index is 1.68. The Morgan fingerprint density at radius 3 is 2.67 bits per heavy atom. The minimum Gasteiger partial charge on any atom is -0.492 e. The van der Waals surface area contributed by atoms with Gasteiger partial charge < -0.3 is 15.2 Å². The van der Waals surface area contributed by atoms with Gasteiger partial charge in [-0.3, -0.25) is 0 Å². The summed E-state index contributed by atoms with van der Waals surface area (Å²) >= 11 is 0. The van der Waals surface area contributed by atoms with E-state index < -0.39 is 0 Å². The molecule has 0 aromatic heterocycles. The summed E-state index contributed by atoms with van der Waals surface area (Å²) in [6.07, 6.45) is 7.37. The number of fused-ring (bicyclic) bond motifs is 1. The number of aliphatic hydroxyl groups is 1. The van der Waals surface area contributed by atoms with E-state index in [1.165, 1.54) is 49.7 Å². The zero-order chi connectivity index (χ0) is 14.7. The van der Waals surface area contributed by atoms with Gasteiger partial charge in [0, 0.05) is 0 Å². The molecule has 1 fully saturated rings. The molecule has 0 aliphatic heterocycles. The van der Waals surface area contributed by atoms with Gasteiger partial charge in [0.1, 0.15) is 12.4 Å². The van der Waals surface area contributed by atoms with Crippen LogP contribution in [0.4, 0.5) is 0 Å². The van der Waals surface area contributed by atoms with Crippen molar-refractivity contribution in [3.05, 3.63) is 29.3 Å². The highest BCUT2D eigenvalue weighted by Gasteiger charge is 2.45. The van der Waals surface area contributed by atoms with Gasteiger partial charge in [0.05, 0.1) is 12.1 Å². The monoisotopic (exact) mass is 289 g/mol. The average molecular weight is 289 g/mol. The quantitative estimate of drug-likeness (QED) is 0.811. The largest absolute Gasteiger partial charge is 0.492 e. The van der Waals surface area contributed by atoms with Crippen LogP contribution in [0.5, 0.6) is 5.75 Å². The van der Waals surface area contributed by atoms with Gasteiger partial charge in [0.15, 0.2) is 0 Å². The Kier molecular flexibility index (Phi) is 4.51. The van der Waals surface area contributed by atoms with Crippen LogP contribution in [0.2, 0.25) is 0 Å². The minimum absolute atomic E-state index is 0.149. The van der Waals surface area contributed by atoms with Crippen molar-refractivity contribution in [2.75, 3.05) is 19.8 Å². The van der Waals surface area contributed by atoms with Gasteiger partial charge in [-0.2, -0.15) is 0 Å². The Bertz CT molecular complexity index is 484. The minimum atomic E-state index is -0.259. The van der Waals surface area contributed by atoms with E-state index in [1.807, 2.05) is 0 Å². The lowest BCUT2D eigenvalue weighted by Crippen LogP contribution is -2.55. The number of ether oxygens (including phenoxy) is 1. The maximum atomic E-state index is 9.85. The molecule has 116 valence electrons. The summed E-state index contributed by atoms with van der Waals surface area (Å²) in [6.45, 7) is 3.66. The zero-order valence-electron chi connectivity index (χ0n) is 13.0. The van der Waals surface area contributed by atoms with E-state index in [4.69, 9.17) is 4.74 Å². The van der Waals surface area contributed by atoms with Gasteiger partial charge >= 0.3 is 0 Å². The Hall–Kier alpha value is -1.06. The number of nitrogens with one attached hydrogen (secondary N) is 1. The third-order valence-electron chi connectivity index (χ3n) is 4.99. The Labute approximate surface area is 127 Å². The molecular formula is C18H27NO2. The number of benzene rings is 1. The fraction of sp³-hybridized carbons (Fsp3) is 0.667. The summed E-state index contributed by atoms with van der Waals surface area (Å²) in [5.41, 5.74) is 2.67. The van der Waals surface area contributed by atoms with Crippen LogP contribution < -0.4 is 10.1 Å². The first kappa shape index (κ1) is 14.9. The number of hydrogen-bond donors (Lipinski definition) is 2. The highest BCUT2D eigenvalue weighted by atomic mass is 16.5. The lowest BCUT2D eigenvalue weighted by molar-refractivity contribution is 0.0864. The normalized spacial score (nSPS) is 20.7. The molecule has 3 heteroatoms. The average Bonchev–Trinajstić information content (AvgIpc) is 3.36. The molecule has 3 rings (SSSR count). The van der Waals surface area contributed by atoms with Gasteiger partial charge in [0.25, 0.3) is 0 Å². The lowest BCUT2D eigenvalue weighted by Gasteiger charge is -2.33. The van der Waals surface area contributed by atoms with Crippen molar-refractivity contribution in [1.29, 1.82) is 0 Å². The number of likely N-dealkylation sites (N-methyl/N-ethyl adjacent to an activating group) is 1. The highest BCUT2D eigenvalue weighted by Crippen LogP contribution is 2.40. The van der Waals surface area contributed by atoms with Gasteiger partial charge in [0.2, 0.25) is 0 Å². The van der Waals surface area contributed by atoms with E-state index in [0.717, 1.165) is 12.3 Å². The lowest BCUT2D eigenvalue weighted by atomic mass is 9.91. The molecule has 0 heterocycles. The van der Waals surface area contributed by atoms with Crippen molar-refractivity contribution in [2.24, 2.45) is 5.92 Å². The van der Waals surface area contributed by atoms with Crippen LogP contribution in [-0.4, -0.2) is 30.4 Å². The molecule has 1 aromatic carbocycles. The molecule has 0 saturated heterocycles. The van der Waals surface area contributed by atoms with Crippen molar-refractivity contribution in [3.8, 4) is 5.75 Å². The maximum absolute atomic E-state index is 9.85. The van der Waals surface area contributed by atoms with E-state index >= 15 is 0 Å². The van der Waals surface area contributed by atoms with Gasteiger partial charge in [-0.1, -0.05) is 13.0 Å². The Morgan fingerprint density at radius 2 is 2.00 bits per heavy atom. The van der Waals surface area contributed by atoms with Crippen molar-refractivity contribution in [3.63, 3.8) is 0 Å². The second-order valence-electron chi connectivity index (χ2n) is 6.55. The topological polar surface area (TPSA) is 41.5 Å². The van der Waals surface area contributed by atoms with E-state index in [1.54, 1.807) is 0 Å². The van der Waals surface area contributed by atoms with E-state index in [9.17, 15) is 5.11 Å². The fourth-order valence-corrected chi connectivity index (χ4v) is 3.54. The van der Waals surface area contributed by atoms with Gasteiger partial charge in [-0.05, 0) is 74.2 Å². The highest BCUT2D eigenvalue weighted by molar-refractivity contribution is 5.37. The van der Waals surface area contributed by atoms with Crippen LogP contribution in [-0.2, 0) is 12.8 Å². The summed E-state index contributed by atoms with van der Waals surface area (Å²) in [7, 11) is 0. The number of aliphatic hydroxyl groups excluding tert-OH is 1. The van der Waals surface area contributed by atoms with Crippen molar-refractivity contribution >= 4 is 0 Å². The molecule has 0 amide bonds. The van der Waals surface area contributed by atoms with Crippen LogP contribution in [0.15, 0.2) is 18.2 Å². The van der Waals surface area contributed by atoms with Crippen LogP contribution in [0, 0.1) is 5.92 Å². The van der Waals surface area contributed by atoms with Crippen molar-refractivity contribution in [1.82, 2.24) is 5.32 Å².